The average molecular weight is 470 g/mol. The lowest BCUT2D eigenvalue weighted by molar-refractivity contribution is 0.415. The zero-order chi connectivity index (χ0) is 23.5. The van der Waals surface area contributed by atoms with Crippen LogP contribution in [0.3, 0.4) is 0 Å². The Labute approximate surface area is 201 Å². The molecule has 7 nitrogen and oxygen atoms in total. The van der Waals surface area contributed by atoms with Crippen LogP contribution in [0.1, 0.15) is 16.8 Å². The van der Waals surface area contributed by atoms with E-state index in [1.54, 1.807) is 37.5 Å². The molecule has 0 aliphatic rings. The summed E-state index contributed by atoms with van der Waals surface area (Å²) in [6, 6.07) is 17.9. The minimum atomic E-state index is 0.575. The van der Waals surface area contributed by atoms with Gasteiger partial charge in [0.05, 0.1) is 18.5 Å². The molecule has 0 spiro atoms. The molecule has 0 saturated heterocycles. The number of nitrogens with zero attached hydrogens (tertiary/aromatic N) is 5. The van der Waals surface area contributed by atoms with Gasteiger partial charge in [0.15, 0.2) is 11.0 Å². The van der Waals surface area contributed by atoms with Crippen molar-refractivity contribution in [1.82, 2.24) is 24.7 Å². The number of thioether (sulfide) groups is 1. The first-order valence-corrected chi connectivity index (χ1v) is 11.8. The molecule has 3 aromatic heterocycles. The largest absolute Gasteiger partial charge is 0.497 e. The van der Waals surface area contributed by atoms with Gasteiger partial charge in [-0.15, -0.1) is 10.2 Å². The fourth-order valence-electron chi connectivity index (χ4n) is 3.53. The number of methoxy groups -OCH3 is 1. The van der Waals surface area contributed by atoms with Gasteiger partial charge in [-0.05, 0) is 73.5 Å². The Kier molecular flexibility index (Phi) is 6.14. The number of oxazole rings is 1. The van der Waals surface area contributed by atoms with E-state index in [0.29, 0.717) is 11.6 Å². The molecule has 0 fully saturated rings. The molecule has 8 heteroatoms. The number of aryl methyl sites for hydroxylation is 2. The molecule has 0 atom stereocenters. The third kappa shape index (κ3) is 4.45. The summed E-state index contributed by atoms with van der Waals surface area (Å²) in [7, 11) is 1.65. The Bertz CT molecular complexity index is 1410. The van der Waals surface area contributed by atoms with Crippen molar-refractivity contribution in [3.63, 3.8) is 0 Å². The molecule has 0 radical (unpaired) electrons. The first kappa shape index (κ1) is 21.9. The number of pyridine rings is 1. The highest BCUT2D eigenvalue weighted by Crippen LogP contribution is 2.31. The molecular weight excluding hydrogens is 446 g/mol. The molecular formula is C26H23N5O2S. The molecule has 0 saturated carbocycles. The van der Waals surface area contributed by atoms with Crippen molar-refractivity contribution < 1.29 is 9.15 Å². The molecule has 0 bridgehead atoms. The number of rotatable bonds is 7. The Morgan fingerprint density at radius 2 is 1.71 bits per heavy atom. The van der Waals surface area contributed by atoms with Crippen LogP contribution < -0.4 is 4.74 Å². The SMILES string of the molecule is COc1ccc(-c2nc(CSc3nnc(-c4ccncc4)n3-c3ccc(C)c(C)c3)co2)cc1. The Morgan fingerprint density at radius 3 is 2.44 bits per heavy atom. The highest BCUT2D eigenvalue weighted by molar-refractivity contribution is 7.98. The van der Waals surface area contributed by atoms with Crippen LogP contribution in [0, 0.1) is 13.8 Å². The summed E-state index contributed by atoms with van der Waals surface area (Å²) in [4.78, 5) is 8.78. The van der Waals surface area contributed by atoms with Crippen LogP contribution in [-0.2, 0) is 5.75 Å². The molecule has 0 N–H and O–H groups in total. The van der Waals surface area contributed by atoms with Gasteiger partial charge in [0.25, 0.3) is 0 Å². The quantitative estimate of drug-likeness (QED) is 0.275. The fourth-order valence-corrected chi connectivity index (χ4v) is 4.36. The van der Waals surface area contributed by atoms with Crippen LogP contribution in [0.25, 0.3) is 28.5 Å². The van der Waals surface area contributed by atoms with Crippen LogP contribution in [0.2, 0.25) is 0 Å². The van der Waals surface area contributed by atoms with Crippen molar-refractivity contribution in [3.05, 3.63) is 90.1 Å². The van der Waals surface area contributed by atoms with Crippen LogP contribution in [-0.4, -0.2) is 31.8 Å². The maximum atomic E-state index is 5.72. The predicted octanol–water partition coefficient (Wildman–Crippen LogP) is 5.90. The first-order chi connectivity index (χ1) is 16.6. The van der Waals surface area contributed by atoms with Crippen molar-refractivity contribution in [2.45, 2.75) is 24.8 Å². The number of benzene rings is 2. The van der Waals surface area contributed by atoms with Crippen molar-refractivity contribution in [2.75, 3.05) is 7.11 Å². The third-order valence-corrected chi connectivity index (χ3v) is 6.52. The van der Waals surface area contributed by atoms with Gasteiger partial charge in [-0.1, -0.05) is 17.8 Å². The van der Waals surface area contributed by atoms with E-state index < -0.39 is 0 Å². The highest BCUT2D eigenvalue weighted by Gasteiger charge is 2.18. The molecule has 5 aromatic rings. The summed E-state index contributed by atoms with van der Waals surface area (Å²) in [5, 5.41) is 9.79. The molecule has 170 valence electrons. The van der Waals surface area contributed by atoms with E-state index in [9.17, 15) is 0 Å². The molecule has 0 amide bonds. The molecule has 0 aliphatic carbocycles. The summed E-state index contributed by atoms with van der Waals surface area (Å²) >= 11 is 1.57. The van der Waals surface area contributed by atoms with Gasteiger partial charge in [-0.2, -0.15) is 0 Å². The van der Waals surface area contributed by atoms with Crippen LogP contribution in [0.15, 0.2) is 82.8 Å². The molecule has 5 rings (SSSR count). The van der Waals surface area contributed by atoms with Gasteiger partial charge in [0.1, 0.15) is 12.0 Å². The molecule has 3 heterocycles. The maximum Gasteiger partial charge on any atom is 0.226 e. The van der Waals surface area contributed by atoms with Gasteiger partial charge in [0.2, 0.25) is 5.89 Å². The smallest absolute Gasteiger partial charge is 0.226 e. The van der Waals surface area contributed by atoms with Crippen molar-refractivity contribution in [3.8, 4) is 34.3 Å². The summed E-state index contributed by atoms with van der Waals surface area (Å²) in [6.07, 6.45) is 5.21. The summed E-state index contributed by atoms with van der Waals surface area (Å²) in [6.45, 7) is 4.22. The van der Waals surface area contributed by atoms with E-state index in [-0.39, 0.29) is 0 Å². The minimum absolute atomic E-state index is 0.575. The van der Waals surface area contributed by atoms with Crippen LogP contribution >= 0.6 is 11.8 Å². The Morgan fingerprint density at radius 1 is 0.912 bits per heavy atom. The number of hydrogen-bond donors (Lipinski definition) is 0. The maximum absolute atomic E-state index is 5.72. The average Bonchev–Trinajstić information content (AvgIpc) is 3.52. The first-order valence-electron chi connectivity index (χ1n) is 10.8. The normalized spacial score (nSPS) is 11.0. The minimum Gasteiger partial charge on any atom is -0.497 e. The van der Waals surface area contributed by atoms with E-state index in [2.05, 4.69) is 56.8 Å². The van der Waals surface area contributed by atoms with E-state index in [0.717, 1.165) is 39.2 Å². The lowest BCUT2D eigenvalue weighted by Gasteiger charge is -2.12. The summed E-state index contributed by atoms with van der Waals surface area (Å²) in [5.41, 5.74) is 6.15. The second kappa shape index (κ2) is 9.52. The molecule has 2 aromatic carbocycles. The van der Waals surface area contributed by atoms with Gasteiger partial charge in [0, 0.05) is 29.3 Å². The second-order valence-corrected chi connectivity index (χ2v) is 8.75. The Balaban J connectivity index is 1.43. The van der Waals surface area contributed by atoms with Gasteiger partial charge < -0.3 is 9.15 Å². The van der Waals surface area contributed by atoms with E-state index in [1.165, 1.54) is 11.1 Å². The lowest BCUT2D eigenvalue weighted by atomic mass is 10.1. The summed E-state index contributed by atoms with van der Waals surface area (Å²) in [5.74, 6) is 2.74. The number of aromatic nitrogens is 5. The topological polar surface area (TPSA) is 78.9 Å². The number of hydrogen-bond acceptors (Lipinski definition) is 7. The van der Waals surface area contributed by atoms with Crippen molar-refractivity contribution in [2.24, 2.45) is 0 Å². The monoisotopic (exact) mass is 469 g/mol. The zero-order valence-corrected chi connectivity index (χ0v) is 19.9. The van der Waals surface area contributed by atoms with E-state index >= 15 is 0 Å². The second-order valence-electron chi connectivity index (χ2n) is 7.81. The van der Waals surface area contributed by atoms with Crippen molar-refractivity contribution in [1.29, 1.82) is 0 Å². The third-order valence-electron chi connectivity index (χ3n) is 5.56. The van der Waals surface area contributed by atoms with Crippen molar-refractivity contribution >= 4 is 11.8 Å². The summed E-state index contributed by atoms with van der Waals surface area (Å²) < 4.78 is 13.0. The predicted molar refractivity (Wildman–Crippen MR) is 132 cm³/mol. The van der Waals surface area contributed by atoms with Gasteiger partial charge >= 0.3 is 0 Å². The van der Waals surface area contributed by atoms with Crippen LogP contribution in [0.4, 0.5) is 0 Å². The number of ether oxygens (including phenoxy) is 1. The van der Waals surface area contributed by atoms with E-state index in [1.807, 2.05) is 36.4 Å². The molecule has 34 heavy (non-hydrogen) atoms. The Hall–Kier alpha value is -3.91. The van der Waals surface area contributed by atoms with Crippen LogP contribution in [0.5, 0.6) is 5.75 Å². The highest BCUT2D eigenvalue weighted by atomic mass is 32.2. The fraction of sp³-hybridized carbons (Fsp3) is 0.154. The van der Waals surface area contributed by atoms with Gasteiger partial charge in [-0.25, -0.2) is 4.98 Å². The van der Waals surface area contributed by atoms with E-state index in [4.69, 9.17) is 9.15 Å². The molecule has 0 unspecified atom stereocenters. The zero-order valence-electron chi connectivity index (χ0n) is 19.1. The standard InChI is InChI=1S/C26H23N5O2S/c1-17-4-7-22(14-18(17)2)31-24(19-10-12-27-13-11-19)29-30-26(31)34-16-21-15-33-25(28-21)20-5-8-23(32-3)9-6-20/h4-15H,16H2,1-3H3. The molecule has 0 aliphatic heterocycles. The van der Waals surface area contributed by atoms with Gasteiger partial charge in [-0.3, -0.25) is 9.55 Å². The lowest BCUT2D eigenvalue weighted by Crippen LogP contribution is -2.01.